The topological polar surface area (TPSA) is 36.9 Å². The molecular formula is C8H16Cl2MgO4. The summed E-state index contributed by atoms with van der Waals surface area (Å²) in [6.45, 7) is 6.22. The van der Waals surface area contributed by atoms with Gasteiger partial charge in [0.15, 0.2) is 0 Å². The van der Waals surface area contributed by atoms with Crippen LogP contribution in [0.4, 0.5) is 0 Å². The molecule has 0 aromatic carbocycles. The molecular weight excluding hydrogens is 255 g/mol. The van der Waals surface area contributed by atoms with Gasteiger partial charge < -0.3 is 43.8 Å². The van der Waals surface area contributed by atoms with Crippen molar-refractivity contribution in [2.24, 2.45) is 0 Å². The van der Waals surface area contributed by atoms with E-state index in [4.69, 9.17) is 18.9 Å². The second-order valence-corrected chi connectivity index (χ2v) is 2.45. The van der Waals surface area contributed by atoms with Crippen molar-refractivity contribution in [2.45, 2.75) is 0 Å². The zero-order valence-electron chi connectivity index (χ0n) is 8.75. The average molecular weight is 271 g/mol. The van der Waals surface area contributed by atoms with E-state index < -0.39 is 0 Å². The molecule has 7 heteroatoms. The van der Waals surface area contributed by atoms with Crippen molar-refractivity contribution < 1.29 is 43.8 Å². The number of ether oxygens (including phenoxy) is 4. The number of hydrogen-bond acceptors (Lipinski definition) is 4. The maximum absolute atomic E-state index is 4.94. The molecule has 0 aliphatic carbocycles. The van der Waals surface area contributed by atoms with E-state index in [0.717, 1.165) is 52.9 Å². The van der Waals surface area contributed by atoms with Crippen molar-refractivity contribution >= 4 is 23.1 Å². The Balaban J connectivity index is -0.000000160. The van der Waals surface area contributed by atoms with Gasteiger partial charge in [0, 0.05) is 0 Å². The summed E-state index contributed by atoms with van der Waals surface area (Å²) in [5.74, 6) is 0. The van der Waals surface area contributed by atoms with Crippen LogP contribution in [0.1, 0.15) is 0 Å². The smallest absolute Gasteiger partial charge is 1.00 e. The third-order valence-electron chi connectivity index (χ3n) is 1.49. The Morgan fingerprint density at radius 2 is 0.533 bits per heavy atom. The van der Waals surface area contributed by atoms with Crippen LogP contribution in [-0.4, -0.2) is 75.9 Å². The summed E-state index contributed by atoms with van der Waals surface area (Å²) < 4.78 is 19.8. The molecule has 4 nitrogen and oxygen atoms in total. The fourth-order valence-corrected chi connectivity index (χ4v) is 0.880. The van der Waals surface area contributed by atoms with Gasteiger partial charge in [0.05, 0.1) is 52.9 Å². The van der Waals surface area contributed by atoms with Crippen molar-refractivity contribution in [3.8, 4) is 0 Å². The average Bonchev–Trinajstić information content (AvgIpc) is 2.24. The molecule has 2 heterocycles. The van der Waals surface area contributed by atoms with Gasteiger partial charge in [-0.25, -0.2) is 0 Å². The van der Waals surface area contributed by atoms with E-state index in [0.29, 0.717) is 0 Å². The molecule has 0 N–H and O–H groups in total. The molecule has 0 saturated carbocycles. The van der Waals surface area contributed by atoms with Gasteiger partial charge in [-0.1, -0.05) is 0 Å². The van der Waals surface area contributed by atoms with Gasteiger partial charge >= 0.3 is 23.1 Å². The monoisotopic (exact) mass is 270 g/mol. The summed E-state index contributed by atoms with van der Waals surface area (Å²) >= 11 is 0. The van der Waals surface area contributed by atoms with Gasteiger partial charge in [-0.05, 0) is 0 Å². The first kappa shape index (κ1) is 21.5. The zero-order valence-corrected chi connectivity index (χ0v) is 11.7. The molecule has 0 aromatic rings. The first-order valence-corrected chi connectivity index (χ1v) is 4.31. The number of rotatable bonds is 0. The molecule has 0 amide bonds. The van der Waals surface area contributed by atoms with Gasteiger partial charge in [-0.3, -0.25) is 0 Å². The normalized spacial score (nSPS) is 19.2. The van der Waals surface area contributed by atoms with E-state index in [9.17, 15) is 0 Å². The van der Waals surface area contributed by atoms with Crippen LogP contribution in [-0.2, 0) is 18.9 Å². The van der Waals surface area contributed by atoms with Gasteiger partial charge in [-0.15, -0.1) is 0 Å². The molecule has 2 aliphatic heterocycles. The minimum absolute atomic E-state index is 0. The van der Waals surface area contributed by atoms with Crippen LogP contribution in [0, 0.1) is 0 Å². The Morgan fingerprint density at radius 3 is 0.600 bits per heavy atom. The minimum atomic E-state index is 0. The molecule has 0 atom stereocenters. The number of hydrogen-bond donors (Lipinski definition) is 0. The molecule has 2 saturated heterocycles. The van der Waals surface area contributed by atoms with Gasteiger partial charge in [0.25, 0.3) is 0 Å². The standard InChI is InChI=1S/2C4H8O2.2ClH.Mg/c2*1-2-6-4-3-5-1;;;/h2*1-4H2;2*1H;/q;;;;+2/p-2. The van der Waals surface area contributed by atoms with Crippen LogP contribution < -0.4 is 24.8 Å². The molecule has 0 spiro atoms. The molecule has 0 aromatic heterocycles. The van der Waals surface area contributed by atoms with Crippen LogP contribution in [0.25, 0.3) is 0 Å². The summed E-state index contributed by atoms with van der Waals surface area (Å²) in [6, 6.07) is 0. The molecule has 2 aliphatic rings. The van der Waals surface area contributed by atoms with Crippen molar-refractivity contribution in [2.75, 3.05) is 52.9 Å². The number of halogens is 2. The fourth-order valence-electron chi connectivity index (χ4n) is 0.880. The van der Waals surface area contributed by atoms with E-state index in [1.165, 1.54) is 0 Å². The zero-order chi connectivity index (χ0) is 8.49. The van der Waals surface area contributed by atoms with Gasteiger partial charge in [-0.2, -0.15) is 0 Å². The molecule has 0 unspecified atom stereocenters. The van der Waals surface area contributed by atoms with Gasteiger partial charge in [0.1, 0.15) is 0 Å². The molecule has 88 valence electrons. The first-order chi connectivity index (χ1) is 6.00. The molecule has 15 heavy (non-hydrogen) atoms. The Kier molecular flexibility index (Phi) is 25.2. The van der Waals surface area contributed by atoms with Gasteiger partial charge in [0.2, 0.25) is 0 Å². The Hall–Kier alpha value is 1.19. The Labute approximate surface area is 119 Å². The maximum atomic E-state index is 4.94. The van der Waals surface area contributed by atoms with E-state index >= 15 is 0 Å². The quantitative estimate of drug-likeness (QED) is 0.411. The van der Waals surface area contributed by atoms with E-state index in [-0.39, 0.29) is 47.9 Å². The van der Waals surface area contributed by atoms with Crippen LogP contribution >= 0.6 is 0 Å². The molecule has 2 rings (SSSR count). The summed E-state index contributed by atoms with van der Waals surface area (Å²) in [6.07, 6.45) is 0. The van der Waals surface area contributed by atoms with Crippen molar-refractivity contribution in [3.63, 3.8) is 0 Å². The summed E-state index contributed by atoms with van der Waals surface area (Å²) in [5.41, 5.74) is 0. The first-order valence-electron chi connectivity index (χ1n) is 4.31. The van der Waals surface area contributed by atoms with Crippen molar-refractivity contribution in [1.29, 1.82) is 0 Å². The second kappa shape index (κ2) is 17.6. The van der Waals surface area contributed by atoms with Crippen molar-refractivity contribution in [1.82, 2.24) is 0 Å². The predicted molar refractivity (Wildman–Crippen MR) is 49.0 cm³/mol. The third kappa shape index (κ3) is 15.2. The van der Waals surface area contributed by atoms with Crippen LogP contribution in [0.15, 0.2) is 0 Å². The van der Waals surface area contributed by atoms with Crippen molar-refractivity contribution in [3.05, 3.63) is 0 Å². The molecule has 0 bridgehead atoms. The van der Waals surface area contributed by atoms with Crippen LogP contribution in [0.2, 0.25) is 0 Å². The Bertz CT molecular complexity index is 67.6. The summed E-state index contributed by atoms with van der Waals surface area (Å²) in [5, 5.41) is 0. The second-order valence-electron chi connectivity index (χ2n) is 2.45. The minimum Gasteiger partial charge on any atom is -1.00 e. The summed E-state index contributed by atoms with van der Waals surface area (Å²) in [7, 11) is 0. The SMILES string of the molecule is C1COCCO1.C1COCCO1.[Cl-].[Cl-].[Mg+2]. The molecule has 0 radical (unpaired) electrons. The van der Waals surface area contributed by atoms with E-state index in [1.54, 1.807) is 0 Å². The molecule has 2 fully saturated rings. The maximum Gasteiger partial charge on any atom is 2.00 e. The van der Waals surface area contributed by atoms with E-state index in [2.05, 4.69) is 0 Å². The Morgan fingerprint density at radius 1 is 0.400 bits per heavy atom. The van der Waals surface area contributed by atoms with Crippen LogP contribution in [0.5, 0.6) is 0 Å². The predicted octanol–water partition coefficient (Wildman–Crippen LogP) is -6.31. The fraction of sp³-hybridized carbons (Fsp3) is 1.00. The largest absolute Gasteiger partial charge is 2.00 e. The summed E-state index contributed by atoms with van der Waals surface area (Å²) in [4.78, 5) is 0. The third-order valence-corrected chi connectivity index (χ3v) is 1.49. The van der Waals surface area contributed by atoms with E-state index in [1.807, 2.05) is 0 Å². The van der Waals surface area contributed by atoms with Crippen LogP contribution in [0.3, 0.4) is 0 Å².